The molecule has 0 saturated heterocycles. The number of nitrogens with one attached hydrogen (secondary N) is 1. The molecule has 1 aliphatic carbocycles. The molecule has 0 aromatic carbocycles. The quantitative estimate of drug-likeness (QED) is 0.776. The Bertz CT molecular complexity index is 527. The van der Waals surface area contributed by atoms with Gasteiger partial charge in [-0.3, -0.25) is 0 Å². The normalized spacial score (nSPS) is 15.0. The molecule has 5 nitrogen and oxygen atoms in total. The second-order valence-electron chi connectivity index (χ2n) is 5.13. The first-order chi connectivity index (χ1) is 9.36. The van der Waals surface area contributed by atoms with Crippen molar-refractivity contribution in [3.8, 4) is 0 Å². The molecule has 3 rings (SSSR count). The van der Waals surface area contributed by atoms with Crippen molar-refractivity contribution in [2.45, 2.75) is 45.2 Å². The topological polar surface area (TPSA) is 55.9 Å². The lowest BCUT2D eigenvalue weighted by molar-refractivity contribution is 0.373. The molecule has 0 spiro atoms. The second kappa shape index (κ2) is 5.57. The van der Waals surface area contributed by atoms with Gasteiger partial charge in [0.1, 0.15) is 0 Å². The van der Waals surface area contributed by atoms with Crippen LogP contribution in [0.15, 0.2) is 22.9 Å². The van der Waals surface area contributed by atoms with Crippen LogP contribution in [0, 0.1) is 0 Å². The van der Waals surface area contributed by atoms with Gasteiger partial charge in [0.05, 0.1) is 6.54 Å². The number of aromatic nitrogens is 3. The van der Waals surface area contributed by atoms with Gasteiger partial charge < -0.3 is 14.4 Å². The lowest BCUT2D eigenvalue weighted by Gasteiger charge is -2.07. The Hall–Kier alpha value is -1.62. The Labute approximate surface area is 113 Å². The Kier molecular flexibility index (Phi) is 3.64. The first-order valence-electron chi connectivity index (χ1n) is 7.04. The SMILES string of the molecule is CCCNCc1cccn1Cc1noc(C2CC2)n1. The van der Waals surface area contributed by atoms with E-state index in [0.717, 1.165) is 31.2 Å². The number of nitrogens with zero attached hydrogens (tertiary/aromatic N) is 3. The highest BCUT2D eigenvalue weighted by molar-refractivity contribution is 5.09. The van der Waals surface area contributed by atoms with E-state index in [0.29, 0.717) is 12.5 Å². The van der Waals surface area contributed by atoms with E-state index in [4.69, 9.17) is 4.52 Å². The van der Waals surface area contributed by atoms with E-state index < -0.39 is 0 Å². The largest absolute Gasteiger partial charge is 0.342 e. The van der Waals surface area contributed by atoms with Crippen molar-refractivity contribution in [2.75, 3.05) is 6.54 Å². The van der Waals surface area contributed by atoms with Gasteiger partial charge in [-0.25, -0.2) is 0 Å². The zero-order valence-corrected chi connectivity index (χ0v) is 11.3. The predicted octanol–water partition coefficient (Wildman–Crippen LogP) is 2.30. The van der Waals surface area contributed by atoms with Crippen molar-refractivity contribution in [3.05, 3.63) is 35.7 Å². The molecule has 2 aromatic heterocycles. The standard InChI is InChI=1S/C14H20N4O/c1-2-7-15-9-12-4-3-8-18(12)10-13-16-14(19-17-13)11-5-6-11/h3-4,8,11,15H,2,5-7,9-10H2,1H3. The maximum absolute atomic E-state index is 5.29. The van der Waals surface area contributed by atoms with Crippen molar-refractivity contribution in [2.24, 2.45) is 0 Å². The monoisotopic (exact) mass is 260 g/mol. The zero-order chi connectivity index (χ0) is 13.1. The lowest BCUT2D eigenvalue weighted by atomic mass is 10.4. The minimum absolute atomic E-state index is 0.525. The van der Waals surface area contributed by atoms with Crippen LogP contribution in [0.1, 0.15) is 49.5 Å². The van der Waals surface area contributed by atoms with Crippen molar-refractivity contribution >= 4 is 0 Å². The van der Waals surface area contributed by atoms with Crippen LogP contribution in [0.25, 0.3) is 0 Å². The van der Waals surface area contributed by atoms with E-state index >= 15 is 0 Å². The molecular formula is C14H20N4O. The highest BCUT2D eigenvalue weighted by atomic mass is 16.5. The Balaban J connectivity index is 1.63. The summed E-state index contributed by atoms with van der Waals surface area (Å²) in [4.78, 5) is 4.47. The molecule has 0 aliphatic heterocycles. The average molecular weight is 260 g/mol. The summed E-state index contributed by atoms with van der Waals surface area (Å²) < 4.78 is 7.46. The molecule has 2 aromatic rings. The number of hydrogen-bond donors (Lipinski definition) is 1. The summed E-state index contributed by atoms with van der Waals surface area (Å²) in [5.74, 6) is 2.11. The van der Waals surface area contributed by atoms with Crippen LogP contribution in [-0.2, 0) is 13.1 Å². The maximum atomic E-state index is 5.29. The highest BCUT2D eigenvalue weighted by Crippen LogP contribution is 2.38. The molecule has 0 amide bonds. The maximum Gasteiger partial charge on any atom is 0.229 e. The van der Waals surface area contributed by atoms with Crippen LogP contribution in [0.2, 0.25) is 0 Å². The summed E-state index contributed by atoms with van der Waals surface area (Å²) in [6, 6.07) is 4.19. The smallest absolute Gasteiger partial charge is 0.229 e. The minimum Gasteiger partial charge on any atom is -0.342 e. The van der Waals surface area contributed by atoms with Crippen molar-refractivity contribution < 1.29 is 4.52 Å². The molecular weight excluding hydrogens is 240 g/mol. The van der Waals surface area contributed by atoms with Gasteiger partial charge in [-0.2, -0.15) is 4.98 Å². The Morgan fingerprint density at radius 1 is 1.47 bits per heavy atom. The molecule has 19 heavy (non-hydrogen) atoms. The van der Waals surface area contributed by atoms with Crippen LogP contribution in [0.4, 0.5) is 0 Å². The first-order valence-corrected chi connectivity index (χ1v) is 7.04. The third-order valence-electron chi connectivity index (χ3n) is 3.38. The van der Waals surface area contributed by atoms with E-state index in [1.165, 1.54) is 18.5 Å². The average Bonchev–Trinajstić information content (AvgIpc) is 3.01. The van der Waals surface area contributed by atoms with E-state index in [1.807, 2.05) is 0 Å². The van der Waals surface area contributed by atoms with E-state index in [9.17, 15) is 0 Å². The van der Waals surface area contributed by atoms with Gasteiger partial charge in [-0.1, -0.05) is 12.1 Å². The lowest BCUT2D eigenvalue weighted by Crippen LogP contribution is -2.17. The van der Waals surface area contributed by atoms with Gasteiger partial charge in [0.2, 0.25) is 5.89 Å². The van der Waals surface area contributed by atoms with Gasteiger partial charge in [0, 0.05) is 24.4 Å². The van der Waals surface area contributed by atoms with Crippen LogP contribution in [0.3, 0.4) is 0 Å². The van der Waals surface area contributed by atoms with Crippen LogP contribution < -0.4 is 5.32 Å². The first kappa shape index (κ1) is 12.4. The molecule has 2 heterocycles. The fourth-order valence-corrected chi connectivity index (χ4v) is 2.14. The molecule has 5 heteroatoms. The molecule has 0 unspecified atom stereocenters. The summed E-state index contributed by atoms with van der Waals surface area (Å²) in [6.07, 6.45) is 5.60. The molecule has 1 N–H and O–H groups in total. The van der Waals surface area contributed by atoms with Gasteiger partial charge >= 0.3 is 0 Å². The molecule has 102 valence electrons. The Morgan fingerprint density at radius 3 is 3.16 bits per heavy atom. The number of hydrogen-bond acceptors (Lipinski definition) is 4. The molecule has 0 bridgehead atoms. The summed E-state index contributed by atoms with van der Waals surface area (Å²) in [5, 5.41) is 7.47. The van der Waals surface area contributed by atoms with Gasteiger partial charge in [-0.05, 0) is 37.9 Å². The zero-order valence-electron chi connectivity index (χ0n) is 11.3. The molecule has 1 aliphatic rings. The van der Waals surface area contributed by atoms with Gasteiger partial charge in [0.15, 0.2) is 5.82 Å². The summed E-state index contributed by atoms with van der Waals surface area (Å²) in [5.41, 5.74) is 1.26. The van der Waals surface area contributed by atoms with Crippen molar-refractivity contribution in [1.29, 1.82) is 0 Å². The van der Waals surface area contributed by atoms with Gasteiger partial charge in [-0.15, -0.1) is 0 Å². The van der Waals surface area contributed by atoms with E-state index in [2.05, 4.69) is 45.3 Å². The predicted molar refractivity (Wildman–Crippen MR) is 71.8 cm³/mol. The minimum atomic E-state index is 0.525. The number of rotatable bonds is 7. The van der Waals surface area contributed by atoms with Crippen LogP contribution in [-0.4, -0.2) is 21.3 Å². The fraction of sp³-hybridized carbons (Fsp3) is 0.571. The Morgan fingerprint density at radius 2 is 2.37 bits per heavy atom. The summed E-state index contributed by atoms with van der Waals surface area (Å²) in [7, 11) is 0. The third kappa shape index (κ3) is 3.04. The summed E-state index contributed by atoms with van der Waals surface area (Å²) in [6.45, 7) is 4.78. The van der Waals surface area contributed by atoms with Crippen molar-refractivity contribution in [1.82, 2.24) is 20.0 Å². The molecule has 0 radical (unpaired) electrons. The second-order valence-corrected chi connectivity index (χ2v) is 5.13. The summed E-state index contributed by atoms with van der Waals surface area (Å²) >= 11 is 0. The van der Waals surface area contributed by atoms with Crippen molar-refractivity contribution in [3.63, 3.8) is 0 Å². The van der Waals surface area contributed by atoms with E-state index in [-0.39, 0.29) is 0 Å². The molecule has 0 atom stereocenters. The van der Waals surface area contributed by atoms with E-state index in [1.54, 1.807) is 0 Å². The highest BCUT2D eigenvalue weighted by Gasteiger charge is 2.29. The van der Waals surface area contributed by atoms with Crippen LogP contribution in [0.5, 0.6) is 0 Å². The molecule has 1 fully saturated rings. The van der Waals surface area contributed by atoms with Crippen LogP contribution >= 0.6 is 0 Å². The third-order valence-corrected chi connectivity index (χ3v) is 3.38. The molecule has 1 saturated carbocycles. The van der Waals surface area contributed by atoms with Gasteiger partial charge in [0.25, 0.3) is 0 Å². The fourth-order valence-electron chi connectivity index (χ4n) is 2.14.